The highest BCUT2D eigenvalue weighted by atomic mass is 16.5. The first-order valence-corrected chi connectivity index (χ1v) is 4.80. The molecule has 1 aliphatic rings. The monoisotopic (exact) mass is 190 g/mol. The lowest BCUT2D eigenvalue weighted by atomic mass is 9.98. The van der Waals surface area contributed by atoms with Crippen molar-refractivity contribution >= 4 is 0 Å². The summed E-state index contributed by atoms with van der Waals surface area (Å²) >= 11 is 0. The van der Waals surface area contributed by atoms with Gasteiger partial charge in [0.1, 0.15) is 5.75 Å². The summed E-state index contributed by atoms with van der Waals surface area (Å²) in [7, 11) is 1.66. The minimum Gasteiger partial charge on any atom is -0.497 e. The van der Waals surface area contributed by atoms with E-state index in [1.165, 1.54) is 5.56 Å². The Labute approximate surface area is 83.8 Å². The third-order valence-electron chi connectivity index (χ3n) is 2.60. The Balaban J connectivity index is 2.14. The SMILES string of the molecule is COc1ccc([C@H]2C=C[C@H](O)C2)cc1. The van der Waals surface area contributed by atoms with Gasteiger partial charge in [0, 0.05) is 5.92 Å². The highest BCUT2D eigenvalue weighted by molar-refractivity contribution is 5.33. The van der Waals surface area contributed by atoms with Crippen LogP contribution in [0.4, 0.5) is 0 Å². The quantitative estimate of drug-likeness (QED) is 0.724. The molecular weight excluding hydrogens is 176 g/mol. The molecule has 1 aliphatic carbocycles. The molecule has 1 N–H and O–H groups in total. The first-order valence-electron chi connectivity index (χ1n) is 4.80. The third kappa shape index (κ3) is 1.80. The number of aliphatic hydroxyl groups excluding tert-OH is 1. The van der Waals surface area contributed by atoms with Crippen LogP contribution in [0.3, 0.4) is 0 Å². The molecule has 2 nitrogen and oxygen atoms in total. The van der Waals surface area contributed by atoms with Crippen molar-refractivity contribution < 1.29 is 9.84 Å². The molecule has 0 aromatic heterocycles. The van der Waals surface area contributed by atoms with Gasteiger partial charge in [0.05, 0.1) is 13.2 Å². The Hall–Kier alpha value is -1.28. The van der Waals surface area contributed by atoms with Crippen LogP contribution in [0.1, 0.15) is 17.9 Å². The Morgan fingerprint density at radius 3 is 2.43 bits per heavy atom. The van der Waals surface area contributed by atoms with Gasteiger partial charge in [-0.2, -0.15) is 0 Å². The molecule has 0 unspecified atom stereocenters. The first kappa shape index (κ1) is 9.28. The van der Waals surface area contributed by atoms with Gasteiger partial charge in [0.2, 0.25) is 0 Å². The van der Waals surface area contributed by atoms with Gasteiger partial charge in [0.15, 0.2) is 0 Å². The molecule has 2 atom stereocenters. The Morgan fingerprint density at radius 1 is 1.21 bits per heavy atom. The molecule has 0 bridgehead atoms. The van der Waals surface area contributed by atoms with Crippen LogP contribution in [0.15, 0.2) is 36.4 Å². The molecule has 1 aromatic carbocycles. The Bertz CT molecular complexity index is 327. The van der Waals surface area contributed by atoms with E-state index in [2.05, 4.69) is 6.08 Å². The number of hydrogen-bond acceptors (Lipinski definition) is 2. The van der Waals surface area contributed by atoms with E-state index in [1.54, 1.807) is 7.11 Å². The van der Waals surface area contributed by atoms with Crippen molar-refractivity contribution in [1.82, 2.24) is 0 Å². The van der Waals surface area contributed by atoms with Gasteiger partial charge >= 0.3 is 0 Å². The lowest BCUT2D eigenvalue weighted by Gasteiger charge is -2.09. The molecule has 0 fully saturated rings. The second kappa shape index (κ2) is 3.84. The van der Waals surface area contributed by atoms with Crippen LogP contribution in [0, 0.1) is 0 Å². The number of benzene rings is 1. The smallest absolute Gasteiger partial charge is 0.118 e. The largest absolute Gasteiger partial charge is 0.497 e. The molecule has 0 radical (unpaired) electrons. The van der Waals surface area contributed by atoms with Gasteiger partial charge in [-0.25, -0.2) is 0 Å². The zero-order chi connectivity index (χ0) is 9.97. The van der Waals surface area contributed by atoms with Gasteiger partial charge in [-0.15, -0.1) is 0 Å². The van der Waals surface area contributed by atoms with Gasteiger partial charge in [0.25, 0.3) is 0 Å². The minimum absolute atomic E-state index is 0.276. The van der Waals surface area contributed by atoms with Crippen LogP contribution in [-0.2, 0) is 0 Å². The molecule has 0 spiro atoms. The first-order chi connectivity index (χ1) is 6.79. The maximum Gasteiger partial charge on any atom is 0.118 e. The van der Waals surface area contributed by atoms with E-state index in [4.69, 9.17) is 4.74 Å². The fraction of sp³-hybridized carbons (Fsp3) is 0.333. The Morgan fingerprint density at radius 2 is 1.93 bits per heavy atom. The summed E-state index contributed by atoms with van der Waals surface area (Å²) in [5, 5.41) is 9.35. The molecule has 14 heavy (non-hydrogen) atoms. The summed E-state index contributed by atoms with van der Waals surface area (Å²) in [4.78, 5) is 0. The third-order valence-corrected chi connectivity index (χ3v) is 2.60. The van der Waals surface area contributed by atoms with E-state index >= 15 is 0 Å². The summed E-state index contributed by atoms with van der Waals surface area (Å²) < 4.78 is 5.09. The Kier molecular flexibility index (Phi) is 2.55. The van der Waals surface area contributed by atoms with Crippen LogP contribution < -0.4 is 4.74 Å². The van der Waals surface area contributed by atoms with Crippen LogP contribution >= 0.6 is 0 Å². The van der Waals surface area contributed by atoms with Crippen LogP contribution in [0.2, 0.25) is 0 Å². The second-order valence-corrected chi connectivity index (χ2v) is 3.57. The minimum atomic E-state index is -0.276. The van der Waals surface area contributed by atoms with Crippen molar-refractivity contribution in [2.45, 2.75) is 18.4 Å². The molecule has 2 rings (SSSR count). The maximum atomic E-state index is 9.35. The molecule has 1 aromatic rings. The zero-order valence-corrected chi connectivity index (χ0v) is 8.18. The standard InChI is InChI=1S/C12H14O2/c1-14-12-6-3-9(4-7-12)10-2-5-11(13)8-10/h2-7,10-11,13H,8H2,1H3/t10-,11-/m0/s1. The topological polar surface area (TPSA) is 29.5 Å². The number of rotatable bonds is 2. The number of aliphatic hydroxyl groups is 1. The van der Waals surface area contributed by atoms with Gasteiger partial charge < -0.3 is 9.84 Å². The summed E-state index contributed by atoms with van der Waals surface area (Å²) in [5.41, 5.74) is 1.23. The fourth-order valence-electron chi connectivity index (χ4n) is 1.78. The number of methoxy groups -OCH3 is 1. The van der Waals surface area contributed by atoms with E-state index in [1.807, 2.05) is 30.3 Å². The van der Waals surface area contributed by atoms with Crippen molar-refractivity contribution in [2.24, 2.45) is 0 Å². The number of hydrogen-bond donors (Lipinski definition) is 1. The van der Waals surface area contributed by atoms with Crippen molar-refractivity contribution in [1.29, 1.82) is 0 Å². The average molecular weight is 190 g/mol. The van der Waals surface area contributed by atoms with E-state index in [0.29, 0.717) is 5.92 Å². The summed E-state index contributed by atoms with van der Waals surface area (Å²) in [6, 6.07) is 8.00. The second-order valence-electron chi connectivity index (χ2n) is 3.57. The highest BCUT2D eigenvalue weighted by Gasteiger charge is 2.17. The number of allylic oxidation sites excluding steroid dienone is 1. The van der Waals surface area contributed by atoms with E-state index in [0.717, 1.165) is 12.2 Å². The van der Waals surface area contributed by atoms with Crippen LogP contribution in [-0.4, -0.2) is 18.3 Å². The van der Waals surface area contributed by atoms with E-state index < -0.39 is 0 Å². The summed E-state index contributed by atoms with van der Waals surface area (Å²) in [5.74, 6) is 1.23. The fourth-order valence-corrected chi connectivity index (χ4v) is 1.78. The summed E-state index contributed by atoms with van der Waals surface area (Å²) in [6.07, 6.45) is 4.44. The molecule has 2 heteroatoms. The van der Waals surface area contributed by atoms with Crippen molar-refractivity contribution in [2.75, 3.05) is 7.11 Å². The molecule has 0 saturated heterocycles. The lowest BCUT2D eigenvalue weighted by molar-refractivity contribution is 0.218. The summed E-state index contributed by atoms with van der Waals surface area (Å²) in [6.45, 7) is 0. The highest BCUT2D eigenvalue weighted by Crippen LogP contribution is 2.29. The normalized spacial score (nSPS) is 25.3. The van der Waals surface area contributed by atoms with Gasteiger partial charge in [-0.1, -0.05) is 24.3 Å². The van der Waals surface area contributed by atoms with Crippen LogP contribution in [0.5, 0.6) is 5.75 Å². The molecule has 0 heterocycles. The molecular formula is C12H14O2. The van der Waals surface area contributed by atoms with Gasteiger partial charge in [-0.3, -0.25) is 0 Å². The maximum absolute atomic E-state index is 9.35. The van der Waals surface area contributed by atoms with Crippen LogP contribution in [0.25, 0.3) is 0 Å². The zero-order valence-electron chi connectivity index (χ0n) is 8.18. The molecule has 0 amide bonds. The predicted octanol–water partition coefficient (Wildman–Crippen LogP) is 2.10. The van der Waals surface area contributed by atoms with E-state index in [-0.39, 0.29) is 6.10 Å². The average Bonchev–Trinajstić information content (AvgIpc) is 2.65. The van der Waals surface area contributed by atoms with Crippen molar-refractivity contribution in [3.8, 4) is 5.75 Å². The van der Waals surface area contributed by atoms with Crippen molar-refractivity contribution in [3.63, 3.8) is 0 Å². The molecule has 74 valence electrons. The molecule has 0 aliphatic heterocycles. The van der Waals surface area contributed by atoms with Gasteiger partial charge in [-0.05, 0) is 24.1 Å². The van der Waals surface area contributed by atoms with E-state index in [9.17, 15) is 5.11 Å². The molecule has 0 saturated carbocycles. The van der Waals surface area contributed by atoms with Crippen molar-refractivity contribution in [3.05, 3.63) is 42.0 Å². The predicted molar refractivity (Wildman–Crippen MR) is 55.5 cm³/mol. The lowest BCUT2D eigenvalue weighted by Crippen LogP contribution is -2.00. The number of ether oxygens (including phenoxy) is 1.